The third-order valence-electron chi connectivity index (χ3n) is 5.59. The number of ketones is 1. The molecule has 0 radical (unpaired) electrons. The summed E-state index contributed by atoms with van der Waals surface area (Å²) in [5.74, 6) is -2.81. The topological polar surface area (TPSA) is 67.7 Å². The van der Waals surface area contributed by atoms with E-state index in [0.717, 1.165) is 11.8 Å². The van der Waals surface area contributed by atoms with E-state index >= 15 is 0 Å². The highest BCUT2D eigenvalue weighted by molar-refractivity contribution is 5.85. The summed E-state index contributed by atoms with van der Waals surface area (Å²) in [7, 11) is 0. The van der Waals surface area contributed by atoms with Gasteiger partial charge in [-0.25, -0.2) is 0 Å². The van der Waals surface area contributed by atoms with Crippen LogP contribution in [-0.2, 0) is 16.1 Å². The van der Waals surface area contributed by atoms with E-state index in [1.165, 1.54) is 4.90 Å². The molecule has 0 bridgehead atoms. The Morgan fingerprint density at radius 2 is 2.03 bits per heavy atom. The highest BCUT2D eigenvalue weighted by Crippen LogP contribution is 2.43. The van der Waals surface area contributed by atoms with Crippen molar-refractivity contribution >= 4 is 17.5 Å². The summed E-state index contributed by atoms with van der Waals surface area (Å²) in [6, 6.07) is -0.311. The second-order valence-corrected chi connectivity index (χ2v) is 8.04. The Kier molecular flexibility index (Phi) is 5.39. The number of ether oxygens (including phenoxy) is 1. The predicted octanol–water partition coefficient (Wildman–Crippen LogP) is 1.97. The van der Waals surface area contributed by atoms with Gasteiger partial charge in [0.1, 0.15) is 0 Å². The summed E-state index contributed by atoms with van der Waals surface area (Å²) in [4.78, 5) is 31.3. The van der Waals surface area contributed by atoms with Gasteiger partial charge < -0.3 is 14.5 Å². The molecule has 162 valence electrons. The fourth-order valence-corrected chi connectivity index (χ4v) is 3.53. The molecule has 3 rings (SSSR count). The van der Waals surface area contributed by atoms with Crippen molar-refractivity contribution in [3.8, 4) is 0 Å². The molecular formula is C18H24F4N4O3. The standard InChI is InChI=1S/C18H24F4N4O3/c1-10(2)12(27)7-26-16-23-14(24-5-6-29-8-11(24)3)13(19)15(28)25(16)9-17(26,4)18(20,21)22/h10-11H,5-9H2,1-4H3/t11-,17+/m1/s1. The molecule has 29 heavy (non-hydrogen) atoms. The average molecular weight is 420 g/mol. The van der Waals surface area contributed by atoms with Crippen LogP contribution in [0.25, 0.3) is 0 Å². The summed E-state index contributed by atoms with van der Waals surface area (Å²) >= 11 is 0. The Labute approximate surface area is 165 Å². The number of alkyl halides is 3. The number of Topliss-reactive ketones (excluding diaryl/α,β-unsaturated/α-hetero) is 1. The number of fused-ring (bicyclic) bond motifs is 1. The highest BCUT2D eigenvalue weighted by atomic mass is 19.4. The van der Waals surface area contributed by atoms with Crippen molar-refractivity contribution in [2.45, 2.75) is 52.0 Å². The van der Waals surface area contributed by atoms with Crippen molar-refractivity contribution in [3.63, 3.8) is 0 Å². The number of rotatable bonds is 4. The fourth-order valence-electron chi connectivity index (χ4n) is 3.53. The van der Waals surface area contributed by atoms with Crippen LogP contribution in [0.15, 0.2) is 4.79 Å². The zero-order valence-electron chi connectivity index (χ0n) is 16.7. The first-order valence-electron chi connectivity index (χ1n) is 9.40. The second kappa shape index (κ2) is 7.26. The van der Waals surface area contributed by atoms with Gasteiger partial charge in [-0.3, -0.25) is 14.2 Å². The maximum atomic E-state index is 14.8. The Balaban J connectivity index is 2.16. The molecule has 7 nitrogen and oxygen atoms in total. The van der Waals surface area contributed by atoms with E-state index in [2.05, 4.69) is 4.98 Å². The van der Waals surface area contributed by atoms with Crippen molar-refractivity contribution in [1.82, 2.24) is 9.55 Å². The number of morpholine rings is 1. The van der Waals surface area contributed by atoms with Crippen LogP contribution in [0.4, 0.5) is 29.3 Å². The van der Waals surface area contributed by atoms with Gasteiger partial charge in [0.2, 0.25) is 11.8 Å². The molecule has 3 heterocycles. The zero-order valence-corrected chi connectivity index (χ0v) is 16.7. The minimum absolute atomic E-state index is 0.245. The maximum Gasteiger partial charge on any atom is 0.413 e. The summed E-state index contributed by atoms with van der Waals surface area (Å²) in [6.45, 7) is 5.17. The van der Waals surface area contributed by atoms with Crippen molar-refractivity contribution < 1.29 is 27.1 Å². The molecular weight excluding hydrogens is 396 g/mol. The Hall–Kier alpha value is -2.17. The third-order valence-corrected chi connectivity index (χ3v) is 5.59. The van der Waals surface area contributed by atoms with Gasteiger partial charge in [0, 0.05) is 12.5 Å². The van der Waals surface area contributed by atoms with Crippen LogP contribution in [0.1, 0.15) is 27.7 Å². The Bertz CT molecular complexity index is 870. The molecule has 0 spiro atoms. The van der Waals surface area contributed by atoms with Crippen molar-refractivity contribution in [2.75, 3.05) is 36.1 Å². The summed E-state index contributed by atoms with van der Waals surface area (Å²) < 4.78 is 62.6. The normalized spacial score (nSPS) is 24.9. The van der Waals surface area contributed by atoms with E-state index in [-0.39, 0.29) is 37.6 Å². The smallest absolute Gasteiger partial charge is 0.377 e. The summed E-state index contributed by atoms with van der Waals surface area (Å²) in [5, 5.41) is 0. The van der Waals surface area contributed by atoms with Crippen LogP contribution in [0, 0.1) is 11.7 Å². The Morgan fingerprint density at radius 3 is 2.59 bits per heavy atom. The minimum Gasteiger partial charge on any atom is -0.377 e. The van der Waals surface area contributed by atoms with Crippen molar-refractivity contribution in [2.24, 2.45) is 5.92 Å². The number of anilines is 2. The second-order valence-electron chi connectivity index (χ2n) is 8.04. The molecule has 1 aromatic heterocycles. The van der Waals surface area contributed by atoms with Crippen LogP contribution >= 0.6 is 0 Å². The number of halogens is 4. The van der Waals surface area contributed by atoms with Gasteiger partial charge in [-0.1, -0.05) is 13.8 Å². The molecule has 0 amide bonds. The number of aromatic nitrogens is 2. The summed E-state index contributed by atoms with van der Waals surface area (Å²) in [5.41, 5.74) is -3.74. The number of nitrogens with zero attached hydrogens (tertiary/aromatic N) is 4. The molecule has 2 aliphatic rings. The van der Waals surface area contributed by atoms with Crippen LogP contribution in [-0.4, -0.2) is 59.4 Å². The minimum atomic E-state index is -4.77. The van der Waals surface area contributed by atoms with Crippen LogP contribution in [0.5, 0.6) is 0 Å². The van der Waals surface area contributed by atoms with Crippen molar-refractivity contribution in [1.29, 1.82) is 0 Å². The van der Waals surface area contributed by atoms with Gasteiger partial charge >= 0.3 is 6.18 Å². The van der Waals surface area contributed by atoms with E-state index in [9.17, 15) is 27.2 Å². The lowest BCUT2D eigenvalue weighted by molar-refractivity contribution is -0.182. The number of carbonyl (C=O) groups is 1. The molecule has 2 atom stereocenters. The van der Waals surface area contributed by atoms with E-state index in [1.54, 1.807) is 20.8 Å². The first-order valence-corrected chi connectivity index (χ1v) is 9.40. The van der Waals surface area contributed by atoms with E-state index < -0.39 is 47.9 Å². The van der Waals surface area contributed by atoms with E-state index in [1.807, 2.05) is 0 Å². The predicted molar refractivity (Wildman–Crippen MR) is 97.7 cm³/mol. The monoisotopic (exact) mass is 420 g/mol. The molecule has 0 unspecified atom stereocenters. The molecule has 1 saturated heterocycles. The van der Waals surface area contributed by atoms with Gasteiger partial charge in [-0.15, -0.1) is 0 Å². The molecule has 0 aliphatic carbocycles. The van der Waals surface area contributed by atoms with Crippen molar-refractivity contribution in [3.05, 3.63) is 16.2 Å². The summed E-state index contributed by atoms with van der Waals surface area (Å²) in [6.07, 6.45) is -4.77. The molecule has 1 aromatic rings. The van der Waals surface area contributed by atoms with Crippen LogP contribution < -0.4 is 15.4 Å². The molecule has 1 fully saturated rings. The molecule has 2 aliphatic heterocycles. The maximum absolute atomic E-state index is 14.8. The first-order chi connectivity index (χ1) is 13.4. The molecule has 0 N–H and O–H groups in total. The average Bonchev–Trinajstić information content (AvgIpc) is 2.92. The van der Waals surface area contributed by atoms with Gasteiger partial charge in [0.05, 0.1) is 32.3 Å². The largest absolute Gasteiger partial charge is 0.413 e. The third kappa shape index (κ3) is 3.49. The lowest BCUT2D eigenvalue weighted by Gasteiger charge is -2.37. The van der Waals surface area contributed by atoms with Crippen LogP contribution in [0.3, 0.4) is 0 Å². The SMILES string of the molecule is CC(C)C(=O)CN1c2nc(N3CCOC[C@H]3C)c(F)c(=O)n2C[C@@]1(C)C(F)(F)F. The molecule has 11 heteroatoms. The van der Waals surface area contributed by atoms with Gasteiger partial charge in [-0.05, 0) is 13.8 Å². The molecule has 0 saturated carbocycles. The van der Waals surface area contributed by atoms with E-state index in [4.69, 9.17) is 4.74 Å². The fraction of sp³-hybridized carbons (Fsp3) is 0.722. The number of hydrogen-bond donors (Lipinski definition) is 0. The van der Waals surface area contributed by atoms with E-state index in [0.29, 0.717) is 4.57 Å². The molecule has 0 aromatic carbocycles. The quantitative estimate of drug-likeness (QED) is 0.694. The lowest BCUT2D eigenvalue weighted by atomic mass is 9.99. The van der Waals surface area contributed by atoms with Gasteiger partial charge in [0.25, 0.3) is 5.56 Å². The van der Waals surface area contributed by atoms with Gasteiger partial charge in [0.15, 0.2) is 17.1 Å². The van der Waals surface area contributed by atoms with Gasteiger partial charge in [-0.2, -0.15) is 22.5 Å². The zero-order chi connectivity index (χ0) is 21.7. The Morgan fingerprint density at radius 1 is 1.38 bits per heavy atom. The highest BCUT2D eigenvalue weighted by Gasteiger charge is 2.60. The van der Waals surface area contributed by atoms with Crippen LogP contribution in [0.2, 0.25) is 0 Å². The lowest BCUT2D eigenvalue weighted by Crippen LogP contribution is -2.57. The number of hydrogen-bond acceptors (Lipinski definition) is 6. The first kappa shape index (κ1) is 21.5. The number of carbonyl (C=O) groups excluding carboxylic acids is 1.